The molecule has 0 amide bonds. The largest absolute Gasteiger partial charge is 0.497 e. The van der Waals surface area contributed by atoms with Gasteiger partial charge in [0.1, 0.15) is 5.75 Å². The molecular formula is C17H19N3O2. The Morgan fingerprint density at radius 3 is 2.68 bits per heavy atom. The van der Waals surface area contributed by atoms with Gasteiger partial charge in [-0.05, 0) is 36.8 Å². The molecule has 1 aliphatic carbocycles. The highest BCUT2D eigenvalue weighted by atomic mass is 16.5. The standard InChI is InChI=1S/C17H19N3O2/c1-21-15-8-4-7-12(9-15)16-18-17(22-19-16)20-10-13-5-2-3-6-14(13)11-20/h2-4,7-9,13-14H,5-6,10-11H2,1H3. The van der Waals surface area contributed by atoms with Crippen LogP contribution in [0.25, 0.3) is 11.4 Å². The van der Waals surface area contributed by atoms with E-state index in [0.29, 0.717) is 11.8 Å². The molecule has 2 aliphatic rings. The maximum Gasteiger partial charge on any atom is 0.324 e. The number of methoxy groups -OCH3 is 1. The summed E-state index contributed by atoms with van der Waals surface area (Å²) in [6.45, 7) is 2.02. The normalized spacial score (nSPS) is 23.6. The Morgan fingerprint density at radius 1 is 1.18 bits per heavy atom. The molecule has 2 atom stereocenters. The molecule has 2 heterocycles. The Balaban J connectivity index is 1.54. The molecule has 1 aliphatic heterocycles. The predicted octanol–water partition coefficient (Wildman–Crippen LogP) is 3.15. The zero-order valence-corrected chi connectivity index (χ0v) is 12.6. The van der Waals surface area contributed by atoms with E-state index in [0.717, 1.165) is 49.1 Å². The number of allylic oxidation sites excluding steroid dienone is 2. The number of aromatic nitrogens is 2. The molecule has 5 heteroatoms. The van der Waals surface area contributed by atoms with E-state index in [1.165, 1.54) is 0 Å². The minimum absolute atomic E-state index is 0.613. The second-order valence-corrected chi connectivity index (χ2v) is 6.00. The number of benzene rings is 1. The van der Waals surface area contributed by atoms with Gasteiger partial charge in [0.2, 0.25) is 5.82 Å². The third-order valence-electron chi connectivity index (χ3n) is 4.63. The topological polar surface area (TPSA) is 51.4 Å². The zero-order chi connectivity index (χ0) is 14.9. The fraction of sp³-hybridized carbons (Fsp3) is 0.412. The van der Waals surface area contributed by atoms with Crippen LogP contribution in [0, 0.1) is 11.8 Å². The molecule has 1 aromatic carbocycles. The molecular weight excluding hydrogens is 278 g/mol. The van der Waals surface area contributed by atoms with E-state index in [-0.39, 0.29) is 0 Å². The second-order valence-electron chi connectivity index (χ2n) is 6.00. The van der Waals surface area contributed by atoms with Crippen LogP contribution in [0.15, 0.2) is 40.9 Å². The highest BCUT2D eigenvalue weighted by Crippen LogP contribution is 2.35. The van der Waals surface area contributed by atoms with E-state index in [1.807, 2.05) is 24.3 Å². The minimum Gasteiger partial charge on any atom is -0.497 e. The third kappa shape index (κ3) is 2.36. The maximum atomic E-state index is 5.49. The van der Waals surface area contributed by atoms with Crippen LogP contribution >= 0.6 is 0 Å². The number of nitrogens with zero attached hydrogens (tertiary/aromatic N) is 3. The number of hydrogen-bond donors (Lipinski definition) is 0. The van der Waals surface area contributed by atoms with Crippen molar-refractivity contribution in [3.63, 3.8) is 0 Å². The molecule has 2 aromatic rings. The van der Waals surface area contributed by atoms with Gasteiger partial charge in [-0.25, -0.2) is 0 Å². The summed E-state index contributed by atoms with van der Waals surface area (Å²) in [5.74, 6) is 2.85. The summed E-state index contributed by atoms with van der Waals surface area (Å²) in [6.07, 6.45) is 6.91. The first-order chi connectivity index (χ1) is 10.8. The lowest BCUT2D eigenvalue weighted by Gasteiger charge is -2.17. The Labute approximate surface area is 129 Å². The number of hydrogen-bond acceptors (Lipinski definition) is 5. The molecule has 0 bridgehead atoms. The smallest absolute Gasteiger partial charge is 0.324 e. The molecule has 22 heavy (non-hydrogen) atoms. The van der Waals surface area contributed by atoms with Crippen molar-refractivity contribution in [1.29, 1.82) is 0 Å². The van der Waals surface area contributed by atoms with Gasteiger partial charge in [-0.3, -0.25) is 0 Å². The average molecular weight is 297 g/mol. The van der Waals surface area contributed by atoms with Gasteiger partial charge in [0.25, 0.3) is 0 Å². The van der Waals surface area contributed by atoms with Crippen LogP contribution < -0.4 is 9.64 Å². The SMILES string of the molecule is COc1cccc(-c2noc(N3CC4CC=CCC4C3)n2)c1. The van der Waals surface area contributed by atoms with Crippen molar-refractivity contribution in [2.24, 2.45) is 11.8 Å². The number of fused-ring (bicyclic) bond motifs is 1. The van der Waals surface area contributed by atoms with E-state index >= 15 is 0 Å². The molecule has 1 fully saturated rings. The Kier molecular flexibility index (Phi) is 3.33. The van der Waals surface area contributed by atoms with E-state index in [4.69, 9.17) is 9.26 Å². The van der Waals surface area contributed by atoms with Crippen LogP contribution in [0.5, 0.6) is 5.75 Å². The Hall–Kier alpha value is -2.30. The quantitative estimate of drug-likeness (QED) is 0.815. The molecule has 0 N–H and O–H groups in total. The van der Waals surface area contributed by atoms with Gasteiger partial charge >= 0.3 is 6.01 Å². The van der Waals surface area contributed by atoms with Crippen LogP contribution in [0.1, 0.15) is 12.8 Å². The summed E-state index contributed by atoms with van der Waals surface area (Å²) >= 11 is 0. The lowest BCUT2D eigenvalue weighted by Crippen LogP contribution is -2.20. The summed E-state index contributed by atoms with van der Waals surface area (Å²) in [5, 5.41) is 4.12. The number of rotatable bonds is 3. The first-order valence-electron chi connectivity index (χ1n) is 7.71. The molecule has 4 rings (SSSR count). The van der Waals surface area contributed by atoms with Crippen molar-refractivity contribution >= 4 is 6.01 Å². The summed E-state index contributed by atoms with van der Waals surface area (Å²) < 4.78 is 10.7. The predicted molar refractivity (Wildman–Crippen MR) is 83.9 cm³/mol. The van der Waals surface area contributed by atoms with Crippen LogP contribution in [0.3, 0.4) is 0 Å². The third-order valence-corrected chi connectivity index (χ3v) is 4.63. The van der Waals surface area contributed by atoms with Gasteiger partial charge in [0.15, 0.2) is 0 Å². The summed E-state index contributed by atoms with van der Waals surface area (Å²) in [4.78, 5) is 6.79. The number of ether oxygens (including phenoxy) is 1. The van der Waals surface area contributed by atoms with Crippen LogP contribution in [0.4, 0.5) is 6.01 Å². The average Bonchev–Trinajstić information content (AvgIpc) is 3.21. The van der Waals surface area contributed by atoms with Gasteiger partial charge in [-0.1, -0.05) is 29.4 Å². The van der Waals surface area contributed by atoms with Crippen molar-refractivity contribution in [1.82, 2.24) is 10.1 Å². The molecule has 2 unspecified atom stereocenters. The van der Waals surface area contributed by atoms with Crippen molar-refractivity contribution in [3.8, 4) is 17.1 Å². The lowest BCUT2D eigenvalue weighted by atomic mass is 9.86. The molecule has 1 aromatic heterocycles. The van der Waals surface area contributed by atoms with E-state index in [1.54, 1.807) is 7.11 Å². The van der Waals surface area contributed by atoms with Gasteiger partial charge in [0, 0.05) is 18.7 Å². The molecule has 114 valence electrons. The van der Waals surface area contributed by atoms with E-state index in [2.05, 4.69) is 27.2 Å². The van der Waals surface area contributed by atoms with Crippen molar-refractivity contribution in [2.45, 2.75) is 12.8 Å². The summed E-state index contributed by atoms with van der Waals surface area (Å²) in [6, 6.07) is 8.35. The first kappa shape index (κ1) is 13.4. The fourth-order valence-corrected chi connectivity index (χ4v) is 3.39. The highest BCUT2D eigenvalue weighted by molar-refractivity contribution is 5.58. The monoisotopic (exact) mass is 297 g/mol. The Bertz CT molecular complexity index is 679. The van der Waals surface area contributed by atoms with E-state index in [9.17, 15) is 0 Å². The van der Waals surface area contributed by atoms with Crippen molar-refractivity contribution in [3.05, 3.63) is 36.4 Å². The fourth-order valence-electron chi connectivity index (χ4n) is 3.39. The summed E-state index contributed by atoms with van der Waals surface area (Å²) in [5.41, 5.74) is 0.910. The molecule has 5 nitrogen and oxygen atoms in total. The lowest BCUT2D eigenvalue weighted by molar-refractivity contribution is 0.411. The van der Waals surface area contributed by atoms with Crippen molar-refractivity contribution < 1.29 is 9.26 Å². The molecule has 0 saturated carbocycles. The second kappa shape index (κ2) is 5.48. The molecule has 1 saturated heterocycles. The minimum atomic E-state index is 0.613. The number of anilines is 1. The van der Waals surface area contributed by atoms with Gasteiger partial charge in [0.05, 0.1) is 7.11 Å². The zero-order valence-electron chi connectivity index (χ0n) is 12.6. The van der Waals surface area contributed by atoms with E-state index < -0.39 is 0 Å². The van der Waals surface area contributed by atoms with Gasteiger partial charge in [-0.2, -0.15) is 4.98 Å². The highest BCUT2D eigenvalue weighted by Gasteiger charge is 2.35. The van der Waals surface area contributed by atoms with Gasteiger partial charge < -0.3 is 14.2 Å². The maximum absolute atomic E-state index is 5.49. The van der Waals surface area contributed by atoms with Crippen LogP contribution in [0.2, 0.25) is 0 Å². The van der Waals surface area contributed by atoms with Crippen LogP contribution in [-0.2, 0) is 0 Å². The Morgan fingerprint density at radius 2 is 1.95 bits per heavy atom. The summed E-state index contributed by atoms with van der Waals surface area (Å²) in [7, 11) is 1.65. The van der Waals surface area contributed by atoms with Crippen LogP contribution in [-0.4, -0.2) is 30.3 Å². The first-order valence-corrected chi connectivity index (χ1v) is 7.71. The van der Waals surface area contributed by atoms with Gasteiger partial charge in [-0.15, -0.1) is 0 Å². The molecule has 0 radical (unpaired) electrons. The molecule has 0 spiro atoms. The van der Waals surface area contributed by atoms with Crippen molar-refractivity contribution in [2.75, 3.05) is 25.1 Å².